The van der Waals surface area contributed by atoms with Gasteiger partial charge in [0.15, 0.2) is 0 Å². The van der Waals surface area contributed by atoms with E-state index in [0.717, 1.165) is 6.16 Å². The molecule has 0 radical (unpaired) electrons. The number of hydrogen-bond acceptors (Lipinski definition) is 0. The van der Waals surface area contributed by atoms with Crippen LogP contribution in [0.1, 0.15) is 5.56 Å². The molecule has 0 saturated heterocycles. The Kier molecular flexibility index (Phi) is 7.32. The summed E-state index contributed by atoms with van der Waals surface area (Å²) in [4.78, 5) is 0. The zero-order valence-corrected chi connectivity index (χ0v) is 9.16. The first kappa shape index (κ1) is 11.0. The van der Waals surface area contributed by atoms with Crippen molar-refractivity contribution in [3.63, 3.8) is 0 Å². The van der Waals surface area contributed by atoms with Crippen LogP contribution >= 0.6 is 9.24 Å². The summed E-state index contributed by atoms with van der Waals surface area (Å²) in [6.07, 6.45) is 2.33. The van der Waals surface area contributed by atoms with E-state index in [-0.39, 0.29) is 39.9 Å². The van der Waals surface area contributed by atoms with Crippen molar-refractivity contribution < 1.29 is 39.9 Å². The summed E-state index contributed by atoms with van der Waals surface area (Å²) in [5.74, 6) is 0. The van der Waals surface area contributed by atoms with E-state index >= 15 is 0 Å². The Morgan fingerprint density at radius 3 is 2.20 bits per heavy atom. The average molecular weight is 295 g/mol. The van der Waals surface area contributed by atoms with Crippen molar-refractivity contribution in [3.05, 3.63) is 35.9 Å². The van der Waals surface area contributed by atoms with Gasteiger partial charge in [-0.2, -0.15) is 0 Å². The Bertz CT molecular complexity index is 162. The van der Waals surface area contributed by atoms with Gasteiger partial charge in [-0.25, -0.2) is 0 Å². The molecule has 0 aliphatic carbocycles. The fraction of sp³-hybridized carbons (Fsp3) is 0.250. The van der Waals surface area contributed by atoms with Gasteiger partial charge in [-0.05, 0) is 18.1 Å². The number of aryl methyl sites for hydroxylation is 1. The molecule has 0 N–H and O–H groups in total. The van der Waals surface area contributed by atoms with Gasteiger partial charge in [0.05, 0.1) is 0 Å². The van der Waals surface area contributed by atoms with Crippen LogP contribution in [-0.2, 0) is 6.42 Å². The van der Waals surface area contributed by atoms with Crippen LogP contribution in [0.5, 0.6) is 0 Å². The third-order valence-corrected chi connectivity index (χ3v) is 1.56. The Balaban J connectivity index is 0.000000810. The van der Waals surface area contributed by atoms with Crippen molar-refractivity contribution >= 4 is 9.24 Å². The minimum absolute atomic E-state index is 0. The van der Waals surface area contributed by atoms with Crippen LogP contribution in [0.15, 0.2) is 30.3 Å². The summed E-state index contributed by atoms with van der Waals surface area (Å²) in [6.45, 7) is 0. The van der Waals surface area contributed by atoms with Gasteiger partial charge in [0, 0.05) is 39.9 Å². The smallest absolute Gasteiger partial charge is 0 e. The third-order valence-electron chi connectivity index (χ3n) is 1.28. The summed E-state index contributed by atoms with van der Waals surface area (Å²) in [5, 5.41) is 0. The Labute approximate surface area is 96.7 Å². The Hall–Kier alpha value is 0.975. The van der Waals surface area contributed by atoms with Gasteiger partial charge in [0.1, 0.15) is 0 Å². The fourth-order valence-electron chi connectivity index (χ4n) is 0.811. The van der Waals surface area contributed by atoms with E-state index in [0.29, 0.717) is 0 Å². The molecule has 0 heterocycles. The second kappa shape index (κ2) is 6.67. The van der Waals surface area contributed by atoms with Crippen LogP contribution in [0.25, 0.3) is 0 Å². The van der Waals surface area contributed by atoms with Crippen LogP contribution < -0.4 is 0 Å². The molecule has 0 fully saturated rings. The van der Waals surface area contributed by atoms with Crippen LogP contribution in [0.2, 0.25) is 0 Å². The molecule has 0 bridgehead atoms. The standard InChI is InChI=1S/C8H11P.Gd/c9-7-6-8-4-2-1-3-5-8;/h1-5H,6-7,9H2;. The van der Waals surface area contributed by atoms with Crippen molar-refractivity contribution in [3.8, 4) is 0 Å². The molecule has 10 heavy (non-hydrogen) atoms. The van der Waals surface area contributed by atoms with E-state index < -0.39 is 0 Å². The topological polar surface area (TPSA) is 0 Å². The van der Waals surface area contributed by atoms with Crippen molar-refractivity contribution in [2.24, 2.45) is 0 Å². The molecule has 1 atom stereocenters. The maximum Gasteiger partial charge on any atom is 0 e. The quantitative estimate of drug-likeness (QED) is 0.733. The van der Waals surface area contributed by atoms with E-state index in [4.69, 9.17) is 0 Å². The fourth-order valence-corrected chi connectivity index (χ4v) is 1.14. The van der Waals surface area contributed by atoms with E-state index in [9.17, 15) is 0 Å². The normalized spacial score (nSPS) is 8.50. The summed E-state index contributed by atoms with van der Waals surface area (Å²) in [6, 6.07) is 10.5. The van der Waals surface area contributed by atoms with Crippen molar-refractivity contribution in [2.75, 3.05) is 6.16 Å². The van der Waals surface area contributed by atoms with Gasteiger partial charge in [0.25, 0.3) is 0 Å². The number of rotatable bonds is 2. The maximum atomic E-state index is 2.73. The molecule has 0 amide bonds. The number of hydrogen-bond donors (Lipinski definition) is 0. The molecule has 56 valence electrons. The minimum atomic E-state index is 0. The zero-order valence-electron chi connectivity index (χ0n) is 5.73. The van der Waals surface area contributed by atoms with Gasteiger partial charge >= 0.3 is 0 Å². The molecule has 1 unspecified atom stereocenters. The Morgan fingerprint density at radius 2 is 1.70 bits per heavy atom. The first-order chi connectivity index (χ1) is 4.43. The van der Waals surface area contributed by atoms with E-state index in [1.165, 1.54) is 12.0 Å². The largest absolute Gasteiger partial charge is 0.137 e. The summed E-state index contributed by atoms with van der Waals surface area (Å²) >= 11 is 0. The first-order valence-corrected chi connectivity index (χ1v) is 3.99. The molecule has 0 aliphatic rings. The summed E-state index contributed by atoms with van der Waals surface area (Å²) in [5.41, 5.74) is 1.42. The van der Waals surface area contributed by atoms with Gasteiger partial charge in [0.2, 0.25) is 0 Å². The molecule has 1 aromatic carbocycles. The van der Waals surface area contributed by atoms with Crippen molar-refractivity contribution in [1.82, 2.24) is 0 Å². The van der Waals surface area contributed by atoms with Gasteiger partial charge < -0.3 is 0 Å². The molecule has 2 heteroatoms. The first-order valence-electron chi connectivity index (χ1n) is 3.17. The molecule has 0 nitrogen and oxygen atoms in total. The predicted molar refractivity (Wildman–Crippen MR) is 44.7 cm³/mol. The second-order valence-electron chi connectivity index (χ2n) is 2.02. The van der Waals surface area contributed by atoms with E-state index in [1.807, 2.05) is 6.07 Å². The zero-order chi connectivity index (χ0) is 6.53. The third kappa shape index (κ3) is 3.98. The van der Waals surface area contributed by atoms with E-state index in [2.05, 4.69) is 33.5 Å². The van der Waals surface area contributed by atoms with Crippen LogP contribution in [0, 0.1) is 39.9 Å². The van der Waals surface area contributed by atoms with Gasteiger partial charge in [-0.3, -0.25) is 0 Å². The second-order valence-corrected chi connectivity index (χ2v) is 2.60. The molecular formula is C8H11GdP. The van der Waals surface area contributed by atoms with Crippen LogP contribution in [0.3, 0.4) is 0 Å². The Morgan fingerprint density at radius 1 is 1.10 bits per heavy atom. The molecular weight excluding hydrogens is 284 g/mol. The van der Waals surface area contributed by atoms with Crippen LogP contribution in [0.4, 0.5) is 0 Å². The average Bonchev–Trinajstić information content (AvgIpc) is 1.91. The summed E-state index contributed by atoms with van der Waals surface area (Å²) in [7, 11) is 2.73. The van der Waals surface area contributed by atoms with Gasteiger partial charge in [-0.1, -0.05) is 30.3 Å². The molecule has 1 aromatic rings. The molecule has 0 spiro atoms. The minimum Gasteiger partial charge on any atom is -0.137 e. The van der Waals surface area contributed by atoms with Gasteiger partial charge in [-0.15, -0.1) is 9.24 Å². The SMILES string of the molecule is PCCc1ccccc1.[Gd]. The maximum absolute atomic E-state index is 2.73. The van der Waals surface area contributed by atoms with Crippen LogP contribution in [-0.4, -0.2) is 6.16 Å². The predicted octanol–water partition coefficient (Wildman–Crippen LogP) is 2.10. The molecule has 0 aliphatic heterocycles. The molecule has 1 rings (SSSR count). The molecule has 0 saturated carbocycles. The monoisotopic (exact) mass is 296 g/mol. The van der Waals surface area contributed by atoms with Crippen molar-refractivity contribution in [1.29, 1.82) is 0 Å². The van der Waals surface area contributed by atoms with E-state index in [1.54, 1.807) is 0 Å². The number of benzene rings is 1. The summed E-state index contributed by atoms with van der Waals surface area (Å²) < 4.78 is 0. The molecule has 0 aromatic heterocycles. The van der Waals surface area contributed by atoms with Crippen molar-refractivity contribution in [2.45, 2.75) is 6.42 Å².